The minimum absolute atomic E-state index is 0.156. The van der Waals surface area contributed by atoms with E-state index in [-0.39, 0.29) is 28.1 Å². The molecule has 0 spiro atoms. The third-order valence-corrected chi connectivity index (χ3v) is 4.05. The highest BCUT2D eigenvalue weighted by Crippen LogP contribution is 2.20. The predicted molar refractivity (Wildman–Crippen MR) is 95.5 cm³/mol. The summed E-state index contributed by atoms with van der Waals surface area (Å²) in [4.78, 5) is 29.2. The number of halogens is 1. The average Bonchev–Trinajstić information content (AvgIpc) is 3.13. The number of nitrogens with zero attached hydrogens (tertiary/aromatic N) is 4. The zero-order valence-corrected chi connectivity index (χ0v) is 15.1. The van der Waals surface area contributed by atoms with Gasteiger partial charge in [0.25, 0.3) is 11.5 Å². The summed E-state index contributed by atoms with van der Waals surface area (Å²) in [5.74, 6) is -0.0204. The van der Waals surface area contributed by atoms with E-state index in [9.17, 15) is 9.59 Å². The third kappa shape index (κ3) is 3.41. The molecule has 0 unspecified atom stereocenters. The Morgan fingerprint density at radius 3 is 3.00 bits per heavy atom. The van der Waals surface area contributed by atoms with Crippen molar-refractivity contribution in [3.05, 3.63) is 57.5 Å². The first-order valence-corrected chi connectivity index (χ1v) is 8.36. The van der Waals surface area contributed by atoms with E-state index >= 15 is 0 Å². The second-order valence-corrected chi connectivity index (χ2v) is 6.30. The van der Waals surface area contributed by atoms with Gasteiger partial charge in [0.15, 0.2) is 0 Å². The van der Waals surface area contributed by atoms with Gasteiger partial charge in [-0.15, -0.1) is 6.58 Å². The molecule has 9 heteroatoms. The molecule has 0 saturated carbocycles. The highest BCUT2D eigenvalue weighted by Gasteiger charge is 2.22. The molecular formula is C16H16BrN5O3. The summed E-state index contributed by atoms with van der Waals surface area (Å²) in [6.45, 7) is 6.42. The SMILES string of the molecule is C=CCn1cnc2oc(C)c(C(=O)NCCn3cc(Br)cn3)c2c1=O. The van der Waals surface area contributed by atoms with E-state index in [0.29, 0.717) is 25.4 Å². The number of rotatable bonds is 6. The molecule has 3 heterocycles. The number of carbonyl (C=O) groups excluding carboxylic acids is 1. The molecule has 0 aliphatic carbocycles. The van der Waals surface area contributed by atoms with Crippen LogP contribution in [0.2, 0.25) is 0 Å². The molecule has 8 nitrogen and oxygen atoms in total. The number of amides is 1. The molecule has 0 bridgehead atoms. The van der Waals surface area contributed by atoms with Gasteiger partial charge in [0.05, 0.1) is 22.8 Å². The Bertz CT molecular complexity index is 1000. The van der Waals surface area contributed by atoms with E-state index in [2.05, 4.69) is 37.9 Å². The van der Waals surface area contributed by atoms with Gasteiger partial charge in [-0.1, -0.05) is 6.08 Å². The lowest BCUT2D eigenvalue weighted by Crippen LogP contribution is -2.29. The molecule has 0 aliphatic rings. The van der Waals surface area contributed by atoms with Gasteiger partial charge in [-0.25, -0.2) is 4.98 Å². The number of aryl methyl sites for hydroxylation is 1. The lowest BCUT2D eigenvalue weighted by atomic mass is 10.2. The molecule has 0 radical (unpaired) electrons. The number of carbonyl (C=O) groups is 1. The summed E-state index contributed by atoms with van der Waals surface area (Å²) in [5, 5.41) is 7.08. The minimum Gasteiger partial charge on any atom is -0.442 e. The fourth-order valence-electron chi connectivity index (χ4n) is 2.51. The first kappa shape index (κ1) is 17.2. The van der Waals surface area contributed by atoms with Crippen molar-refractivity contribution in [3.63, 3.8) is 0 Å². The number of fused-ring (bicyclic) bond motifs is 1. The highest BCUT2D eigenvalue weighted by atomic mass is 79.9. The standard InChI is InChI=1S/C16H16BrN5O3/c1-3-5-21-9-19-15-13(16(21)24)12(10(2)25-15)14(23)18-4-6-22-8-11(17)7-20-22/h3,7-9H,1,4-6H2,2H3,(H,18,23). The molecule has 0 aliphatic heterocycles. The van der Waals surface area contributed by atoms with Crippen LogP contribution in [0.4, 0.5) is 0 Å². The summed E-state index contributed by atoms with van der Waals surface area (Å²) in [6.07, 6.45) is 6.45. The van der Waals surface area contributed by atoms with Crippen molar-refractivity contribution in [2.24, 2.45) is 0 Å². The lowest BCUT2D eigenvalue weighted by molar-refractivity contribution is 0.0952. The molecule has 0 atom stereocenters. The van der Waals surface area contributed by atoms with Gasteiger partial charge in [0.1, 0.15) is 17.5 Å². The Labute approximate surface area is 151 Å². The van der Waals surface area contributed by atoms with Crippen LogP contribution < -0.4 is 10.9 Å². The summed E-state index contributed by atoms with van der Waals surface area (Å²) < 4.78 is 9.41. The fourth-order valence-corrected chi connectivity index (χ4v) is 2.84. The van der Waals surface area contributed by atoms with Crippen molar-refractivity contribution in [1.29, 1.82) is 0 Å². The van der Waals surface area contributed by atoms with E-state index in [0.717, 1.165) is 4.47 Å². The maximum atomic E-state index is 12.6. The molecule has 3 aromatic heterocycles. The van der Waals surface area contributed by atoms with Gasteiger partial charge in [0, 0.05) is 19.3 Å². The summed E-state index contributed by atoms with van der Waals surface area (Å²) in [5.41, 5.74) is 0.0411. The topological polar surface area (TPSA) is 95.0 Å². The molecule has 130 valence electrons. The maximum Gasteiger partial charge on any atom is 0.265 e. The molecule has 1 amide bonds. The Kier molecular flexibility index (Phi) is 4.84. The van der Waals surface area contributed by atoms with Crippen LogP contribution in [0.25, 0.3) is 11.1 Å². The minimum atomic E-state index is -0.377. The van der Waals surface area contributed by atoms with Gasteiger partial charge in [-0.05, 0) is 22.9 Å². The van der Waals surface area contributed by atoms with Crippen molar-refractivity contribution < 1.29 is 9.21 Å². The van der Waals surface area contributed by atoms with Crippen LogP contribution in [0.15, 0.2) is 45.1 Å². The van der Waals surface area contributed by atoms with Gasteiger partial charge in [-0.2, -0.15) is 5.10 Å². The van der Waals surface area contributed by atoms with Crippen LogP contribution in [0.5, 0.6) is 0 Å². The van der Waals surface area contributed by atoms with E-state index in [1.54, 1.807) is 23.9 Å². The van der Waals surface area contributed by atoms with Crippen molar-refractivity contribution in [2.45, 2.75) is 20.0 Å². The van der Waals surface area contributed by atoms with E-state index in [1.807, 2.05) is 6.20 Å². The predicted octanol–water partition coefficient (Wildman–Crippen LogP) is 1.87. The second-order valence-electron chi connectivity index (χ2n) is 5.38. The van der Waals surface area contributed by atoms with E-state index in [4.69, 9.17) is 4.42 Å². The number of hydrogen-bond acceptors (Lipinski definition) is 5. The first-order chi connectivity index (χ1) is 12.0. The lowest BCUT2D eigenvalue weighted by Gasteiger charge is -2.05. The smallest absolute Gasteiger partial charge is 0.265 e. The summed E-state index contributed by atoms with van der Waals surface area (Å²) in [6, 6.07) is 0. The van der Waals surface area contributed by atoms with Crippen LogP contribution in [-0.4, -0.2) is 31.8 Å². The summed E-state index contributed by atoms with van der Waals surface area (Å²) >= 11 is 3.31. The number of furan rings is 1. The molecule has 0 fully saturated rings. The average molecular weight is 406 g/mol. The Balaban J connectivity index is 1.85. The number of hydrogen-bond donors (Lipinski definition) is 1. The number of nitrogens with one attached hydrogen (secondary N) is 1. The number of aromatic nitrogens is 4. The molecule has 0 aromatic carbocycles. The largest absolute Gasteiger partial charge is 0.442 e. The van der Waals surface area contributed by atoms with Gasteiger partial charge >= 0.3 is 0 Å². The summed E-state index contributed by atoms with van der Waals surface area (Å²) in [7, 11) is 0. The first-order valence-electron chi connectivity index (χ1n) is 7.57. The molecule has 3 aromatic rings. The molecular weight excluding hydrogens is 390 g/mol. The Morgan fingerprint density at radius 2 is 2.32 bits per heavy atom. The molecule has 1 N–H and O–H groups in total. The molecule has 0 saturated heterocycles. The third-order valence-electron chi connectivity index (χ3n) is 3.64. The van der Waals surface area contributed by atoms with Crippen molar-refractivity contribution in [1.82, 2.24) is 24.6 Å². The number of allylic oxidation sites excluding steroid dienone is 1. The van der Waals surface area contributed by atoms with E-state index < -0.39 is 0 Å². The van der Waals surface area contributed by atoms with Crippen molar-refractivity contribution in [3.8, 4) is 0 Å². The quantitative estimate of drug-likeness (QED) is 0.631. The second kappa shape index (κ2) is 7.06. The van der Waals surface area contributed by atoms with Crippen LogP contribution in [0, 0.1) is 6.92 Å². The van der Waals surface area contributed by atoms with Crippen LogP contribution in [0.1, 0.15) is 16.1 Å². The van der Waals surface area contributed by atoms with Crippen LogP contribution >= 0.6 is 15.9 Å². The fraction of sp³-hybridized carbons (Fsp3) is 0.250. The Hall–Kier alpha value is -2.68. The van der Waals surface area contributed by atoms with Crippen molar-refractivity contribution in [2.75, 3.05) is 6.54 Å². The zero-order valence-electron chi connectivity index (χ0n) is 13.5. The van der Waals surface area contributed by atoms with Gasteiger partial charge in [0.2, 0.25) is 5.71 Å². The van der Waals surface area contributed by atoms with Gasteiger partial charge < -0.3 is 9.73 Å². The highest BCUT2D eigenvalue weighted by molar-refractivity contribution is 9.10. The maximum absolute atomic E-state index is 12.6. The normalized spacial score (nSPS) is 11.0. The van der Waals surface area contributed by atoms with Crippen molar-refractivity contribution >= 4 is 32.9 Å². The van der Waals surface area contributed by atoms with E-state index in [1.165, 1.54) is 10.9 Å². The van der Waals surface area contributed by atoms with Gasteiger partial charge in [-0.3, -0.25) is 18.8 Å². The zero-order chi connectivity index (χ0) is 18.0. The van der Waals surface area contributed by atoms with Crippen LogP contribution in [-0.2, 0) is 13.1 Å². The Morgan fingerprint density at radius 1 is 1.52 bits per heavy atom. The molecule has 25 heavy (non-hydrogen) atoms. The molecule has 3 rings (SSSR count). The van der Waals surface area contributed by atoms with Crippen LogP contribution in [0.3, 0.4) is 0 Å². The monoisotopic (exact) mass is 405 g/mol.